The van der Waals surface area contributed by atoms with Crippen LogP contribution in [0.3, 0.4) is 0 Å². The van der Waals surface area contributed by atoms with Crippen molar-refractivity contribution in [2.24, 2.45) is 0 Å². The van der Waals surface area contributed by atoms with E-state index in [1.165, 1.54) is 9.75 Å². The molecule has 1 N–H and O–H groups in total. The second-order valence-electron chi connectivity index (χ2n) is 4.74. The molecule has 3 nitrogen and oxygen atoms in total. The van der Waals surface area contributed by atoms with E-state index in [0.717, 1.165) is 16.9 Å². The van der Waals surface area contributed by atoms with Gasteiger partial charge in [0.1, 0.15) is 5.75 Å². The first-order valence-electron chi connectivity index (χ1n) is 6.41. The number of benzene rings is 1. The third kappa shape index (κ3) is 2.47. The van der Waals surface area contributed by atoms with E-state index in [4.69, 9.17) is 9.84 Å². The SMILES string of the molecule is Cc1ccc(-c2ccc3c(c2)C=C(C(=O)O)CCO3)s1. The highest BCUT2D eigenvalue weighted by Crippen LogP contribution is 2.33. The van der Waals surface area contributed by atoms with Gasteiger partial charge in [-0.25, -0.2) is 4.79 Å². The monoisotopic (exact) mass is 286 g/mol. The smallest absolute Gasteiger partial charge is 0.331 e. The Morgan fingerprint density at radius 2 is 2.15 bits per heavy atom. The average molecular weight is 286 g/mol. The fourth-order valence-electron chi connectivity index (χ4n) is 2.24. The number of carboxylic acid groups (broad SMARTS) is 1. The van der Waals surface area contributed by atoms with Gasteiger partial charge in [0.2, 0.25) is 0 Å². The number of fused-ring (bicyclic) bond motifs is 1. The first-order valence-corrected chi connectivity index (χ1v) is 7.22. The Labute approximate surface area is 121 Å². The number of carbonyl (C=O) groups is 1. The maximum Gasteiger partial charge on any atom is 0.331 e. The Morgan fingerprint density at radius 1 is 1.30 bits per heavy atom. The lowest BCUT2D eigenvalue weighted by Crippen LogP contribution is -2.03. The van der Waals surface area contributed by atoms with Gasteiger partial charge in [-0.1, -0.05) is 0 Å². The number of aryl methyl sites for hydroxylation is 1. The topological polar surface area (TPSA) is 46.5 Å². The summed E-state index contributed by atoms with van der Waals surface area (Å²) in [5.74, 6) is -0.128. The molecule has 0 spiro atoms. The predicted molar refractivity (Wildman–Crippen MR) is 80.2 cm³/mol. The van der Waals surface area contributed by atoms with Crippen molar-refractivity contribution in [3.63, 3.8) is 0 Å². The highest BCUT2D eigenvalue weighted by Gasteiger charge is 2.15. The quantitative estimate of drug-likeness (QED) is 0.908. The summed E-state index contributed by atoms with van der Waals surface area (Å²) in [5, 5.41) is 9.16. The molecular weight excluding hydrogens is 272 g/mol. The lowest BCUT2D eigenvalue weighted by atomic mass is 10.1. The fraction of sp³-hybridized carbons (Fsp3) is 0.188. The molecule has 2 heterocycles. The summed E-state index contributed by atoms with van der Waals surface area (Å²) in [4.78, 5) is 13.6. The normalized spacial score (nSPS) is 13.9. The summed E-state index contributed by atoms with van der Waals surface area (Å²) in [6.07, 6.45) is 2.14. The molecule has 1 aliphatic rings. The lowest BCUT2D eigenvalue weighted by Gasteiger charge is -2.07. The molecule has 0 atom stereocenters. The van der Waals surface area contributed by atoms with Crippen LogP contribution >= 0.6 is 11.3 Å². The third-order valence-electron chi connectivity index (χ3n) is 3.27. The number of aliphatic carboxylic acids is 1. The number of ether oxygens (including phenoxy) is 1. The summed E-state index contributed by atoms with van der Waals surface area (Å²) in [5.41, 5.74) is 2.32. The van der Waals surface area contributed by atoms with Gasteiger partial charge in [0.15, 0.2) is 0 Å². The minimum Gasteiger partial charge on any atom is -0.493 e. The number of thiophene rings is 1. The predicted octanol–water partition coefficient (Wildman–Crippen LogP) is 3.97. The molecule has 0 saturated heterocycles. The minimum absolute atomic E-state index is 0.392. The van der Waals surface area contributed by atoms with Crippen LogP contribution in [0.4, 0.5) is 0 Å². The van der Waals surface area contributed by atoms with E-state index in [1.54, 1.807) is 17.4 Å². The Kier molecular flexibility index (Phi) is 3.32. The summed E-state index contributed by atoms with van der Waals surface area (Å²) >= 11 is 1.73. The highest BCUT2D eigenvalue weighted by molar-refractivity contribution is 7.15. The molecule has 4 heteroatoms. The van der Waals surface area contributed by atoms with Crippen molar-refractivity contribution in [3.8, 4) is 16.2 Å². The van der Waals surface area contributed by atoms with Crippen molar-refractivity contribution < 1.29 is 14.6 Å². The molecule has 0 bridgehead atoms. The summed E-state index contributed by atoms with van der Waals surface area (Å²) in [6.45, 7) is 2.48. The number of hydrogen-bond donors (Lipinski definition) is 1. The molecule has 102 valence electrons. The summed E-state index contributed by atoms with van der Waals surface area (Å²) in [7, 11) is 0. The molecule has 2 aromatic rings. The van der Waals surface area contributed by atoms with E-state index in [1.807, 2.05) is 18.2 Å². The van der Waals surface area contributed by atoms with Gasteiger partial charge in [-0.3, -0.25) is 0 Å². The molecule has 0 saturated carbocycles. The van der Waals surface area contributed by atoms with Crippen LogP contribution in [0.5, 0.6) is 5.75 Å². The molecule has 0 unspecified atom stereocenters. The maximum absolute atomic E-state index is 11.2. The van der Waals surface area contributed by atoms with Crippen LogP contribution in [0, 0.1) is 6.92 Å². The van der Waals surface area contributed by atoms with E-state index in [0.29, 0.717) is 18.6 Å². The molecule has 0 aliphatic carbocycles. The zero-order chi connectivity index (χ0) is 14.1. The first-order chi connectivity index (χ1) is 9.63. The van der Waals surface area contributed by atoms with E-state index >= 15 is 0 Å². The van der Waals surface area contributed by atoms with Crippen LogP contribution in [0.25, 0.3) is 16.5 Å². The fourth-order valence-corrected chi connectivity index (χ4v) is 3.10. The summed E-state index contributed by atoms with van der Waals surface area (Å²) in [6, 6.07) is 10.1. The zero-order valence-electron chi connectivity index (χ0n) is 11.1. The van der Waals surface area contributed by atoms with Gasteiger partial charge in [-0.15, -0.1) is 11.3 Å². The van der Waals surface area contributed by atoms with Gasteiger partial charge in [-0.05, 0) is 48.9 Å². The minimum atomic E-state index is -0.876. The Hall–Kier alpha value is -2.07. The van der Waals surface area contributed by atoms with Crippen LogP contribution in [0.2, 0.25) is 0 Å². The second kappa shape index (κ2) is 5.13. The molecule has 0 amide bonds. The van der Waals surface area contributed by atoms with E-state index in [-0.39, 0.29) is 0 Å². The Morgan fingerprint density at radius 3 is 2.85 bits per heavy atom. The summed E-state index contributed by atoms with van der Waals surface area (Å²) < 4.78 is 5.61. The van der Waals surface area contributed by atoms with Crippen molar-refractivity contribution in [2.75, 3.05) is 6.61 Å². The van der Waals surface area contributed by atoms with E-state index in [2.05, 4.69) is 19.1 Å². The van der Waals surface area contributed by atoms with Crippen LogP contribution in [-0.4, -0.2) is 17.7 Å². The molecule has 20 heavy (non-hydrogen) atoms. The van der Waals surface area contributed by atoms with Crippen LogP contribution in [0.1, 0.15) is 16.9 Å². The van der Waals surface area contributed by atoms with Gasteiger partial charge in [0, 0.05) is 27.3 Å². The van der Waals surface area contributed by atoms with Crippen LogP contribution < -0.4 is 4.74 Å². The van der Waals surface area contributed by atoms with E-state index in [9.17, 15) is 4.79 Å². The van der Waals surface area contributed by atoms with Gasteiger partial charge in [-0.2, -0.15) is 0 Å². The molecule has 1 aromatic heterocycles. The molecule has 3 rings (SSSR count). The van der Waals surface area contributed by atoms with Crippen molar-refractivity contribution in [1.29, 1.82) is 0 Å². The zero-order valence-corrected chi connectivity index (χ0v) is 11.9. The maximum atomic E-state index is 11.2. The van der Waals surface area contributed by atoms with Gasteiger partial charge < -0.3 is 9.84 Å². The van der Waals surface area contributed by atoms with Gasteiger partial charge in [0.25, 0.3) is 0 Å². The van der Waals surface area contributed by atoms with Crippen LogP contribution in [-0.2, 0) is 4.79 Å². The van der Waals surface area contributed by atoms with Gasteiger partial charge in [0.05, 0.1) is 6.61 Å². The molecular formula is C16H14O3S. The average Bonchev–Trinajstić information content (AvgIpc) is 2.74. The highest BCUT2D eigenvalue weighted by atomic mass is 32.1. The van der Waals surface area contributed by atoms with Crippen molar-refractivity contribution >= 4 is 23.4 Å². The third-order valence-corrected chi connectivity index (χ3v) is 4.32. The van der Waals surface area contributed by atoms with Crippen molar-refractivity contribution in [2.45, 2.75) is 13.3 Å². The molecule has 1 aromatic carbocycles. The van der Waals surface area contributed by atoms with Gasteiger partial charge >= 0.3 is 5.97 Å². The Balaban J connectivity index is 2.06. The second-order valence-corrected chi connectivity index (χ2v) is 6.02. The number of carboxylic acids is 1. The van der Waals surface area contributed by atoms with Crippen LogP contribution in [0.15, 0.2) is 35.9 Å². The first kappa shape index (κ1) is 12.9. The lowest BCUT2D eigenvalue weighted by molar-refractivity contribution is -0.132. The largest absolute Gasteiger partial charge is 0.493 e. The van der Waals surface area contributed by atoms with Crippen molar-refractivity contribution in [3.05, 3.63) is 46.3 Å². The van der Waals surface area contributed by atoms with Crippen molar-refractivity contribution in [1.82, 2.24) is 0 Å². The molecule has 1 aliphatic heterocycles. The van der Waals surface area contributed by atoms with E-state index < -0.39 is 5.97 Å². The standard InChI is InChI=1S/C16H14O3S/c1-10-2-5-15(20-10)11-3-4-14-13(8-11)9-12(16(17)18)6-7-19-14/h2-5,8-9H,6-7H2,1H3,(H,17,18). The number of hydrogen-bond acceptors (Lipinski definition) is 3. The number of rotatable bonds is 2. The Bertz CT molecular complexity index is 697. The molecule has 0 radical (unpaired) electrons. The molecule has 0 fully saturated rings.